The van der Waals surface area contributed by atoms with Crippen LogP contribution in [-0.4, -0.2) is 37.2 Å². The Kier molecular flexibility index (Phi) is 56.6. The topological polar surface area (TPSA) is 78.9 Å². The molecule has 0 fully saturated rings. The Balaban J connectivity index is 4.44. The van der Waals surface area contributed by atoms with E-state index in [1.807, 2.05) is 12.2 Å². The SMILES string of the molecule is CC/C=C\C/C=C\C/C=C\C/C=C\C/C=C\C/C=C\C/C=C\CCCCCCCCCC(=O)OCC(COC(=O)CC/C=C\C/C=C\C/C=C\C/C=C\CC)OC(=O)CCCC/C=C\C/C=C\C/C=C\C/C=C\CC. The molecule has 0 aromatic carbocycles. The Hall–Kier alpha value is -5.49. The smallest absolute Gasteiger partial charge is 0.306 e. The zero-order valence-corrected chi connectivity index (χ0v) is 47.5. The largest absolute Gasteiger partial charge is 0.462 e. The average molecular weight is 1030 g/mol. The molecule has 6 nitrogen and oxygen atoms in total. The molecule has 0 saturated carbocycles. The third kappa shape index (κ3) is 59.3. The molecule has 0 aliphatic carbocycles. The van der Waals surface area contributed by atoms with Crippen molar-refractivity contribution >= 4 is 17.9 Å². The van der Waals surface area contributed by atoms with Crippen LogP contribution in [0.1, 0.15) is 213 Å². The summed E-state index contributed by atoms with van der Waals surface area (Å²) in [6.45, 7) is 6.16. The number of rotatable bonds is 50. The van der Waals surface area contributed by atoms with Crippen molar-refractivity contribution in [2.75, 3.05) is 13.2 Å². The van der Waals surface area contributed by atoms with Crippen LogP contribution in [-0.2, 0) is 28.6 Å². The van der Waals surface area contributed by atoms with Gasteiger partial charge >= 0.3 is 17.9 Å². The molecule has 0 radical (unpaired) electrons. The van der Waals surface area contributed by atoms with Crippen molar-refractivity contribution in [2.24, 2.45) is 0 Å². The second-order valence-corrected chi connectivity index (χ2v) is 18.4. The second-order valence-electron chi connectivity index (χ2n) is 18.4. The van der Waals surface area contributed by atoms with E-state index >= 15 is 0 Å². The van der Waals surface area contributed by atoms with Gasteiger partial charge in [0.15, 0.2) is 6.10 Å². The van der Waals surface area contributed by atoms with Gasteiger partial charge in [-0.3, -0.25) is 14.4 Å². The first-order chi connectivity index (χ1) is 37.0. The molecule has 0 aromatic heterocycles. The lowest BCUT2D eigenvalue weighted by atomic mass is 10.1. The fraction of sp³-hybridized carbons (Fsp3) is 0.522. The van der Waals surface area contributed by atoms with Gasteiger partial charge in [0.2, 0.25) is 0 Å². The minimum Gasteiger partial charge on any atom is -0.462 e. The second kappa shape index (κ2) is 61.1. The molecular formula is C69H104O6. The van der Waals surface area contributed by atoms with Crippen molar-refractivity contribution in [2.45, 2.75) is 219 Å². The van der Waals surface area contributed by atoms with E-state index in [-0.39, 0.29) is 44.0 Å². The summed E-state index contributed by atoms with van der Waals surface area (Å²) in [5.41, 5.74) is 0. The van der Waals surface area contributed by atoms with Gasteiger partial charge in [-0.2, -0.15) is 0 Å². The minimum absolute atomic E-state index is 0.132. The van der Waals surface area contributed by atoms with Gasteiger partial charge in [-0.25, -0.2) is 0 Å². The normalized spacial score (nSPS) is 13.5. The Morgan fingerprint density at radius 3 is 0.853 bits per heavy atom. The molecule has 0 aromatic rings. The summed E-state index contributed by atoms with van der Waals surface area (Å²) < 4.78 is 16.7. The molecule has 0 heterocycles. The molecule has 416 valence electrons. The van der Waals surface area contributed by atoms with Gasteiger partial charge in [-0.15, -0.1) is 0 Å². The molecule has 0 aliphatic rings. The van der Waals surface area contributed by atoms with Crippen LogP contribution in [0.15, 0.2) is 182 Å². The van der Waals surface area contributed by atoms with Crippen LogP contribution in [0.4, 0.5) is 0 Å². The first kappa shape index (κ1) is 69.5. The first-order valence-corrected chi connectivity index (χ1v) is 29.3. The molecule has 75 heavy (non-hydrogen) atoms. The maximum absolute atomic E-state index is 12.8. The maximum atomic E-state index is 12.8. The lowest BCUT2D eigenvalue weighted by Crippen LogP contribution is -2.30. The first-order valence-electron chi connectivity index (χ1n) is 29.3. The molecule has 6 heteroatoms. The molecule has 1 atom stereocenters. The number of carbonyl (C=O) groups excluding carboxylic acids is 3. The predicted octanol–water partition coefficient (Wildman–Crippen LogP) is 20.1. The summed E-state index contributed by atoms with van der Waals surface area (Å²) in [4.78, 5) is 38.1. The Morgan fingerprint density at radius 1 is 0.267 bits per heavy atom. The van der Waals surface area contributed by atoms with Gasteiger partial charge in [0.25, 0.3) is 0 Å². The number of carbonyl (C=O) groups is 3. The van der Waals surface area contributed by atoms with Crippen molar-refractivity contribution in [3.63, 3.8) is 0 Å². The summed E-state index contributed by atoms with van der Waals surface area (Å²) in [5, 5.41) is 0. The highest BCUT2D eigenvalue weighted by molar-refractivity contribution is 5.71. The van der Waals surface area contributed by atoms with Crippen LogP contribution in [0.3, 0.4) is 0 Å². The number of unbranched alkanes of at least 4 members (excludes halogenated alkanes) is 9. The zero-order valence-electron chi connectivity index (χ0n) is 47.5. The average Bonchev–Trinajstić information content (AvgIpc) is 3.41. The van der Waals surface area contributed by atoms with Crippen LogP contribution in [0.25, 0.3) is 0 Å². The zero-order chi connectivity index (χ0) is 54.3. The molecule has 0 rings (SSSR count). The van der Waals surface area contributed by atoms with Crippen LogP contribution in [0.5, 0.6) is 0 Å². The summed E-state index contributed by atoms with van der Waals surface area (Å²) in [6.07, 6.45) is 91.9. The number of hydrogen-bond donors (Lipinski definition) is 0. The predicted molar refractivity (Wildman–Crippen MR) is 324 cm³/mol. The number of hydrogen-bond acceptors (Lipinski definition) is 6. The molecule has 0 aliphatic heterocycles. The number of ether oxygens (including phenoxy) is 3. The highest BCUT2D eigenvalue weighted by Gasteiger charge is 2.19. The van der Waals surface area contributed by atoms with E-state index in [0.29, 0.717) is 19.3 Å². The summed E-state index contributed by atoms with van der Waals surface area (Å²) in [5.74, 6) is -1.08. The summed E-state index contributed by atoms with van der Waals surface area (Å²) in [7, 11) is 0. The quantitative estimate of drug-likeness (QED) is 0.0261. The fourth-order valence-electron chi connectivity index (χ4n) is 7.13. The highest BCUT2D eigenvalue weighted by atomic mass is 16.6. The third-order valence-electron chi connectivity index (χ3n) is 11.4. The summed E-state index contributed by atoms with van der Waals surface area (Å²) >= 11 is 0. The Labute approximate surface area is 459 Å². The van der Waals surface area contributed by atoms with E-state index in [2.05, 4.69) is 191 Å². The molecule has 0 amide bonds. The van der Waals surface area contributed by atoms with Crippen molar-refractivity contribution in [3.05, 3.63) is 182 Å². The Morgan fingerprint density at radius 2 is 0.507 bits per heavy atom. The van der Waals surface area contributed by atoms with Gasteiger partial charge in [0.1, 0.15) is 13.2 Å². The molecule has 0 spiro atoms. The molecule has 0 N–H and O–H groups in total. The van der Waals surface area contributed by atoms with Crippen LogP contribution in [0.2, 0.25) is 0 Å². The van der Waals surface area contributed by atoms with E-state index < -0.39 is 6.10 Å². The Bertz CT molecular complexity index is 1800. The molecule has 0 saturated heterocycles. The van der Waals surface area contributed by atoms with Crippen molar-refractivity contribution < 1.29 is 28.6 Å². The molecular weight excluding hydrogens is 925 g/mol. The van der Waals surface area contributed by atoms with Crippen LogP contribution >= 0.6 is 0 Å². The van der Waals surface area contributed by atoms with E-state index in [4.69, 9.17) is 14.2 Å². The van der Waals surface area contributed by atoms with Crippen molar-refractivity contribution in [1.29, 1.82) is 0 Å². The molecule has 1 unspecified atom stereocenters. The monoisotopic (exact) mass is 1030 g/mol. The maximum Gasteiger partial charge on any atom is 0.306 e. The highest BCUT2D eigenvalue weighted by Crippen LogP contribution is 2.12. The van der Waals surface area contributed by atoms with Crippen LogP contribution in [0, 0.1) is 0 Å². The van der Waals surface area contributed by atoms with E-state index in [1.165, 1.54) is 19.3 Å². The van der Waals surface area contributed by atoms with Gasteiger partial charge in [-0.05, 0) is 141 Å². The van der Waals surface area contributed by atoms with Gasteiger partial charge < -0.3 is 14.2 Å². The van der Waals surface area contributed by atoms with Gasteiger partial charge in [-0.1, -0.05) is 235 Å². The summed E-state index contributed by atoms with van der Waals surface area (Å²) in [6, 6.07) is 0. The van der Waals surface area contributed by atoms with E-state index in [1.54, 1.807) is 0 Å². The van der Waals surface area contributed by atoms with E-state index in [9.17, 15) is 14.4 Å². The number of allylic oxidation sites excluding steroid dienone is 30. The lowest BCUT2D eigenvalue weighted by Gasteiger charge is -2.18. The molecule has 0 bridgehead atoms. The van der Waals surface area contributed by atoms with Crippen molar-refractivity contribution in [3.8, 4) is 0 Å². The minimum atomic E-state index is -0.844. The van der Waals surface area contributed by atoms with Crippen LogP contribution < -0.4 is 0 Å². The van der Waals surface area contributed by atoms with E-state index in [0.717, 1.165) is 141 Å². The lowest BCUT2D eigenvalue weighted by molar-refractivity contribution is -0.166. The standard InChI is InChI=1S/C69H104O6/c1-4-7-10-13-16-19-22-25-27-28-29-30-31-32-33-34-35-36-37-38-39-40-42-44-47-50-53-56-59-62-68(71)74-65-66(64-73-67(70)61-58-55-52-49-46-43-24-21-18-15-12-9-6-3)75-69(72)63-60-57-54-51-48-45-41-26-23-20-17-14-11-8-5-2/h7-12,16-21,25-27,29-30,32-33,35-36,38-39,41,43,46,48,51-52,55,66H,4-6,13-15,22-24,28,31,34,37,40,42,44-45,47,49-50,53-54,56-65H2,1-3H3/b10-7-,11-8-,12-9-,19-16-,20-17-,21-18-,27-25-,30-29-,33-32-,36-35-,39-38-,41-26-,46-43-,51-48-,55-52-. The van der Waals surface area contributed by atoms with Gasteiger partial charge in [0, 0.05) is 19.3 Å². The fourth-order valence-corrected chi connectivity index (χ4v) is 7.13. The third-order valence-corrected chi connectivity index (χ3v) is 11.4. The van der Waals surface area contributed by atoms with Crippen molar-refractivity contribution in [1.82, 2.24) is 0 Å². The number of esters is 3. The van der Waals surface area contributed by atoms with Gasteiger partial charge in [0.05, 0.1) is 0 Å².